The van der Waals surface area contributed by atoms with Crippen molar-refractivity contribution in [2.75, 3.05) is 27.2 Å². The lowest BCUT2D eigenvalue weighted by Gasteiger charge is -2.29. The van der Waals surface area contributed by atoms with E-state index in [-0.39, 0.29) is 29.6 Å². The third-order valence-electron chi connectivity index (χ3n) is 7.18. The fraction of sp³-hybridized carbons (Fsp3) is 0.290. The van der Waals surface area contributed by atoms with Crippen LogP contribution in [0.2, 0.25) is 0 Å². The third-order valence-corrected chi connectivity index (χ3v) is 7.18. The number of phenolic OH excluding ortho intramolecular Hbond substituents is 1. The molecule has 0 bridgehead atoms. The molecule has 4 aromatic rings. The Morgan fingerprint density at radius 3 is 2.63 bits per heavy atom. The van der Waals surface area contributed by atoms with E-state index in [1.807, 2.05) is 31.2 Å². The number of benzene rings is 3. The molecule has 1 aliphatic heterocycles. The minimum atomic E-state index is -0.544. The molecule has 0 spiro atoms. The van der Waals surface area contributed by atoms with Crippen molar-refractivity contribution in [2.24, 2.45) is 0 Å². The number of hydrogen-bond donors (Lipinski definition) is 1. The number of phenols is 1. The van der Waals surface area contributed by atoms with Crippen molar-refractivity contribution >= 4 is 16.8 Å². The Bertz CT molecular complexity index is 1550. The summed E-state index contributed by atoms with van der Waals surface area (Å²) in [7, 11) is 3.68. The summed E-state index contributed by atoms with van der Waals surface area (Å²) in [6, 6.07) is 17.4. The van der Waals surface area contributed by atoms with Crippen molar-refractivity contribution in [3.8, 4) is 28.4 Å². The van der Waals surface area contributed by atoms with Gasteiger partial charge in [-0.15, -0.1) is 0 Å². The molecular formula is C31H31NO6. The van der Waals surface area contributed by atoms with E-state index in [1.54, 1.807) is 37.4 Å². The van der Waals surface area contributed by atoms with Crippen LogP contribution in [0.4, 0.5) is 0 Å². The van der Waals surface area contributed by atoms with E-state index in [0.29, 0.717) is 28.2 Å². The van der Waals surface area contributed by atoms with Crippen molar-refractivity contribution in [3.05, 3.63) is 87.8 Å². The van der Waals surface area contributed by atoms with Gasteiger partial charge in [-0.2, -0.15) is 0 Å². The number of ketones is 1. The highest BCUT2D eigenvalue weighted by Crippen LogP contribution is 2.33. The highest BCUT2D eigenvalue weighted by Gasteiger charge is 2.21. The Balaban J connectivity index is 1.38. The van der Waals surface area contributed by atoms with E-state index in [1.165, 1.54) is 6.07 Å². The van der Waals surface area contributed by atoms with Gasteiger partial charge in [-0.25, -0.2) is 4.79 Å². The zero-order valence-electron chi connectivity index (χ0n) is 21.8. The maximum Gasteiger partial charge on any atom is 0.339 e. The zero-order valence-corrected chi connectivity index (χ0v) is 21.8. The van der Waals surface area contributed by atoms with Crippen LogP contribution in [0.1, 0.15) is 34.3 Å². The van der Waals surface area contributed by atoms with Crippen molar-refractivity contribution in [2.45, 2.75) is 32.3 Å². The van der Waals surface area contributed by atoms with Gasteiger partial charge in [0.2, 0.25) is 0 Å². The summed E-state index contributed by atoms with van der Waals surface area (Å²) in [5.74, 6) is 1.16. The molecule has 1 aliphatic rings. The van der Waals surface area contributed by atoms with Gasteiger partial charge in [-0.3, -0.25) is 4.79 Å². The van der Waals surface area contributed by atoms with Gasteiger partial charge in [0.1, 0.15) is 28.9 Å². The molecule has 196 valence electrons. The lowest BCUT2D eigenvalue weighted by atomic mass is 9.97. The number of methoxy groups -OCH3 is 1. The molecule has 7 heteroatoms. The number of carbonyl (C=O) groups excluding carboxylic acids is 1. The smallest absolute Gasteiger partial charge is 0.339 e. The van der Waals surface area contributed by atoms with Gasteiger partial charge < -0.3 is 23.9 Å². The van der Waals surface area contributed by atoms with Crippen molar-refractivity contribution in [3.63, 3.8) is 0 Å². The van der Waals surface area contributed by atoms with E-state index in [2.05, 4.69) is 11.9 Å². The third kappa shape index (κ3) is 5.29. The lowest BCUT2D eigenvalue weighted by molar-refractivity contribution is 0.0992. The van der Waals surface area contributed by atoms with Crippen LogP contribution in [0, 0.1) is 6.92 Å². The number of piperidine rings is 1. The first kappa shape index (κ1) is 25.5. The largest absolute Gasteiger partial charge is 0.507 e. The van der Waals surface area contributed by atoms with Crippen LogP contribution in [0.15, 0.2) is 69.9 Å². The van der Waals surface area contributed by atoms with Crippen molar-refractivity contribution in [1.29, 1.82) is 0 Å². The van der Waals surface area contributed by atoms with Crippen LogP contribution in [0.5, 0.6) is 17.2 Å². The van der Waals surface area contributed by atoms with Gasteiger partial charge in [-0.1, -0.05) is 12.1 Å². The molecule has 0 unspecified atom stereocenters. The van der Waals surface area contributed by atoms with E-state index in [4.69, 9.17) is 13.9 Å². The topological polar surface area (TPSA) is 89.2 Å². The Morgan fingerprint density at radius 2 is 1.87 bits per heavy atom. The van der Waals surface area contributed by atoms with Gasteiger partial charge in [0.25, 0.3) is 0 Å². The first-order valence-corrected chi connectivity index (χ1v) is 12.7. The Hall–Kier alpha value is -4.10. The average Bonchev–Trinajstić information content (AvgIpc) is 2.92. The van der Waals surface area contributed by atoms with Crippen LogP contribution in [-0.4, -0.2) is 49.1 Å². The number of Topliss-reactive ketones (excluding diaryl/α,β-unsaturated/α-hetero) is 1. The van der Waals surface area contributed by atoms with Crippen LogP contribution in [-0.2, 0) is 6.42 Å². The monoisotopic (exact) mass is 513 g/mol. The highest BCUT2D eigenvalue weighted by atomic mass is 16.5. The summed E-state index contributed by atoms with van der Waals surface area (Å²) in [6.45, 7) is 3.87. The Kier molecular flexibility index (Phi) is 7.20. The Morgan fingerprint density at radius 1 is 1.08 bits per heavy atom. The summed E-state index contributed by atoms with van der Waals surface area (Å²) in [6.07, 6.45) is 1.93. The van der Waals surface area contributed by atoms with Gasteiger partial charge in [0.05, 0.1) is 7.11 Å². The summed E-state index contributed by atoms with van der Waals surface area (Å²) < 4.78 is 17.2. The normalized spacial score (nSPS) is 14.5. The molecule has 0 amide bonds. The molecule has 2 heterocycles. The number of carbonyl (C=O) groups is 1. The van der Waals surface area contributed by atoms with Crippen LogP contribution < -0.4 is 15.1 Å². The molecule has 38 heavy (non-hydrogen) atoms. The molecule has 0 saturated carbocycles. The second-order valence-corrected chi connectivity index (χ2v) is 9.85. The Labute approximate surface area is 221 Å². The van der Waals surface area contributed by atoms with Gasteiger partial charge in [0.15, 0.2) is 5.78 Å². The predicted molar refractivity (Wildman–Crippen MR) is 146 cm³/mol. The molecule has 0 aliphatic carbocycles. The number of hydrogen-bond acceptors (Lipinski definition) is 7. The molecule has 5 rings (SSSR count). The fourth-order valence-corrected chi connectivity index (χ4v) is 4.89. The highest BCUT2D eigenvalue weighted by molar-refractivity contribution is 5.99. The summed E-state index contributed by atoms with van der Waals surface area (Å²) >= 11 is 0. The molecule has 1 fully saturated rings. The second kappa shape index (κ2) is 10.7. The second-order valence-electron chi connectivity index (χ2n) is 9.85. The standard InChI is InChI=1S/C31H31NO6/c1-19-29(37-24-11-13-32(2)14-12-24)10-8-22-15-23(31(35)38-30(19)22)18-28(34)21-7-9-27(33)26(17-21)20-5-4-6-25(16-20)36-3/h4-10,15-17,24,33H,11-14,18H2,1-3H3. The average molecular weight is 514 g/mol. The minimum absolute atomic E-state index is 0.0498. The number of fused-ring (bicyclic) bond motifs is 1. The number of likely N-dealkylation sites (tertiary alicyclic amines) is 1. The SMILES string of the molecule is COc1cccc(-c2cc(C(=O)Cc3cc4ccc(OC5CCN(C)CC5)c(C)c4oc3=O)ccc2O)c1. The molecule has 0 atom stereocenters. The van der Waals surface area contributed by atoms with Gasteiger partial charge in [-0.05, 0) is 80.9 Å². The summed E-state index contributed by atoms with van der Waals surface area (Å²) in [5, 5.41) is 11.2. The lowest BCUT2D eigenvalue weighted by Crippen LogP contribution is -2.35. The number of aryl methyl sites for hydroxylation is 1. The maximum atomic E-state index is 13.2. The quantitative estimate of drug-likeness (QED) is 0.262. The number of aromatic hydroxyl groups is 1. The molecule has 1 aromatic heterocycles. The van der Waals surface area contributed by atoms with Crippen LogP contribution in [0.25, 0.3) is 22.1 Å². The van der Waals surface area contributed by atoms with E-state index in [0.717, 1.165) is 42.4 Å². The maximum absolute atomic E-state index is 13.2. The van der Waals surface area contributed by atoms with Crippen molar-refractivity contribution in [1.82, 2.24) is 4.90 Å². The van der Waals surface area contributed by atoms with E-state index < -0.39 is 5.63 Å². The number of rotatable bonds is 7. The molecule has 0 radical (unpaired) electrons. The minimum Gasteiger partial charge on any atom is -0.507 e. The van der Waals surface area contributed by atoms with E-state index >= 15 is 0 Å². The number of nitrogens with zero attached hydrogens (tertiary/aromatic N) is 1. The molecule has 3 aromatic carbocycles. The van der Waals surface area contributed by atoms with Gasteiger partial charge >= 0.3 is 5.63 Å². The predicted octanol–water partition coefficient (Wildman–Crippen LogP) is 5.38. The van der Waals surface area contributed by atoms with Crippen LogP contribution >= 0.6 is 0 Å². The molecule has 7 nitrogen and oxygen atoms in total. The molecule has 1 saturated heterocycles. The fourth-order valence-electron chi connectivity index (χ4n) is 4.89. The first-order chi connectivity index (χ1) is 18.3. The molecule has 1 N–H and O–H groups in total. The summed E-state index contributed by atoms with van der Waals surface area (Å²) in [4.78, 5) is 28.3. The van der Waals surface area contributed by atoms with Crippen LogP contribution in [0.3, 0.4) is 0 Å². The van der Waals surface area contributed by atoms with Crippen molar-refractivity contribution < 1.29 is 23.8 Å². The summed E-state index contributed by atoms with van der Waals surface area (Å²) in [5.41, 5.74) is 2.60. The van der Waals surface area contributed by atoms with E-state index in [9.17, 15) is 14.7 Å². The zero-order chi connectivity index (χ0) is 26.8. The number of ether oxygens (including phenoxy) is 2. The first-order valence-electron chi connectivity index (χ1n) is 12.7. The van der Waals surface area contributed by atoms with Gasteiger partial charge in [0, 0.05) is 47.2 Å². The molecular weight excluding hydrogens is 482 g/mol.